The van der Waals surface area contributed by atoms with Crippen molar-refractivity contribution in [1.29, 1.82) is 0 Å². The SMILES string of the molecule is CN/C(=N\N)NCCSCc1csc(N=C(N)N)n1. The van der Waals surface area contributed by atoms with Gasteiger partial charge >= 0.3 is 0 Å². The van der Waals surface area contributed by atoms with Gasteiger partial charge in [0.2, 0.25) is 11.1 Å². The molecule has 0 amide bonds. The van der Waals surface area contributed by atoms with E-state index in [9.17, 15) is 0 Å². The fourth-order valence-corrected chi connectivity index (χ4v) is 2.70. The van der Waals surface area contributed by atoms with Gasteiger partial charge in [0, 0.05) is 30.5 Å². The molecular weight excluding hydrogens is 284 g/mol. The molecule has 0 aromatic carbocycles. The highest BCUT2D eigenvalue weighted by Gasteiger charge is 2.01. The van der Waals surface area contributed by atoms with Crippen molar-refractivity contribution in [2.24, 2.45) is 27.4 Å². The normalized spacial score (nSPS) is 11.1. The molecule has 106 valence electrons. The van der Waals surface area contributed by atoms with Gasteiger partial charge in [-0.05, 0) is 0 Å². The van der Waals surface area contributed by atoms with Gasteiger partial charge in [-0.1, -0.05) is 0 Å². The molecule has 19 heavy (non-hydrogen) atoms. The van der Waals surface area contributed by atoms with Crippen molar-refractivity contribution in [3.8, 4) is 0 Å². The van der Waals surface area contributed by atoms with Crippen molar-refractivity contribution >= 4 is 40.1 Å². The Kier molecular flexibility index (Phi) is 6.82. The van der Waals surface area contributed by atoms with Crippen LogP contribution in [-0.2, 0) is 5.75 Å². The van der Waals surface area contributed by atoms with Crippen LogP contribution in [-0.4, -0.2) is 36.2 Å². The number of nitrogens with one attached hydrogen (secondary N) is 2. The molecule has 10 heteroatoms. The molecule has 0 unspecified atom stereocenters. The number of aromatic nitrogens is 1. The van der Waals surface area contributed by atoms with Crippen LogP contribution in [0, 0.1) is 0 Å². The molecule has 0 atom stereocenters. The maximum Gasteiger partial charge on any atom is 0.213 e. The molecular formula is C9H18N8S2. The molecule has 1 aromatic heterocycles. The van der Waals surface area contributed by atoms with E-state index in [2.05, 4.69) is 25.7 Å². The van der Waals surface area contributed by atoms with Crippen molar-refractivity contribution in [3.63, 3.8) is 0 Å². The predicted octanol–water partition coefficient (Wildman–Crippen LogP) is -0.680. The molecule has 8 N–H and O–H groups in total. The van der Waals surface area contributed by atoms with Crippen LogP contribution >= 0.6 is 23.1 Å². The highest BCUT2D eigenvalue weighted by Crippen LogP contribution is 2.21. The molecule has 0 radical (unpaired) electrons. The Labute approximate surface area is 119 Å². The van der Waals surface area contributed by atoms with Crippen LogP contribution in [0.3, 0.4) is 0 Å². The smallest absolute Gasteiger partial charge is 0.213 e. The Morgan fingerprint density at radius 2 is 2.32 bits per heavy atom. The Balaban J connectivity index is 2.23. The summed E-state index contributed by atoms with van der Waals surface area (Å²) in [5.74, 6) is 7.47. The minimum atomic E-state index is 0.0263. The molecule has 0 saturated carbocycles. The monoisotopic (exact) mass is 302 g/mol. The first-order valence-electron chi connectivity index (χ1n) is 5.47. The first-order valence-corrected chi connectivity index (χ1v) is 7.50. The second kappa shape index (κ2) is 8.43. The van der Waals surface area contributed by atoms with E-state index >= 15 is 0 Å². The lowest BCUT2D eigenvalue weighted by Crippen LogP contribution is -2.36. The maximum absolute atomic E-state index is 5.28. The van der Waals surface area contributed by atoms with Gasteiger partial charge in [0.05, 0.1) is 5.69 Å². The van der Waals surface area contributed by atoms with E-state index in [1.807, 2.05) is 5.38 Å². The third-order valence-electron chi connectivity index (χ3n) is 1.92. The van der Waals surface area contributed by atoms with Crippen molar-refractivity contribution in [1.82, 2.24) is 15.6 Å². The third kappa shape index (κ3) is 6.15. The lowest BCUT2D eigenvalue weighted by atomic mass is 10.6. The highest BCUT2D eigenvalue weighted by molar-refractivity contribution is 7.98. The van der Waals surface area contributed by atoms with Crippen LogP contribution in [0.2, 0.25) is 0 Å². The van der Waals surface area contributed by atoms with Gasteiger partial charge in [-0.15, -0.1) is 16.4 Å². The van der Waals surface area contributed by atoms with Crippen LogP contribution in [0.5, 0.6) is 0 Å². The summed E-state index contributed by atoms with van der Waals surface area (Å²) >= 11 is 3.17. The molecule has 0 aliphatic rings. The number of thiazole rings is 1. The summed E-state index contributed by atoms with van der Waals surface area (Å²) in [5.41, 5.74) is 11.5. The van der Waals surface area contributed by atoms with Gasteiger partial charge in [-0.3, -0.25) is 0 Å². The predicted molar refractivity (Wildman–Crippen MR) is 82.4 cm³/mol. The van der Waals surface area contributed by atoms with Gasteiger partial charge in [0.25, 0.3) is 0 Å². The molecule has 0 fully saturated rings. The molecule has 1 aromatic rings. The van der Waals surface area contributed by atoms with Gasteiger partial charge in [0.15, 0.2) is 5.96 Å². The minimum absolute atomic E-state index is 0.0263. The summed E-state index contributed by atoms with van der Waals surface area (Å²) in [6, 6.07) is 0. The number of rotatable bonds is 6. The lowest BCUT2D eigenvalue weighted by Gasteiger charge is -2.06. The van der Waals surface area contributed by atoms with Gasteiger partial charge in [0.1, 0.15) is 0 Å². The summed E-state index contributed by atoms with van der Waals surface area (Å²) in [5, 5.41) is 12.0. The van der Waals surface area contributed by atoms with Crippen LogP contribution in [0.25, 0.3) is 0 Å². The van der Waals surface area contributed by atoms with E-state index in [1.165, 1.54) is 11.3 Å². The zero-order valence-corrected chi connectivity index (χ0v) is 12.2. The molecule has 8 nitrogen and oxygen atoms in total. The number of aliphatic imine (C=N–C) groups is 1. The van der Waals surface area contributed by atoms with E-state index in [0.717, 1.165) is 23.7 Å². The average Bonchev–Trinajstić information content (AvgIpc) is 2.80. The largest absolute Gasteiger partial charge is 0.370 e. The molecule has 0 bridgehead atoms. The van der Waals surface area contributed by atoms with Crippen LogP contribution in [0.4, 0.5) is 5.13 Å². The van der Waals surface area contributed by atoms with Gasteiger partial charge in [-0.25, -0.2) is 4.98 Å². The van der Waals surface area contributed by atoms with E-state index in [4.69, 9.17) is 17.3 Å². The first-order chi connectivity index (χ1) is 9.15. The Morgan fingerprint density at radius 3 is 2.95 bits per heavy atom. The molecule has 0 aliphatic carbocycles. The standard InChI is InChI=1S/C9H18N8S2/c1-13-8(17-12)14-2-3-18-4-6-5-19-9(15-6)16-7(10)11/h5H,2-4,12H2,1H3,(H2,13,14,17)(H4,10,11,15,16). The molecule has 1 heterocycles. The fraction of sp³-hybridized carbons (Fsp3) is 0.444. The second-order valence-corrected chi connectivity index (χ2v) is 5.31. The number of guanidine groups is 2. The number of nitrogens with zero attached hydrogens (tertiary/aromatic N) is 3. The molecule has 1 rings (SSSR count). The van der Waals surface area contributed by atoms with Crippen molar-refractivity contribution < 1.29 is 0 Å². The molecule has 0 spiro atoms. The lowest BCUT2D eigenvalue weighted by molar-refractivity contribution is 0.902. The number of nitrogens with two attached hydrogens (primary N) is 3. The maximum atomic E-state index is 5.28. The number of hydrogen-bond acceptors (Lipinski definition) is 6. The quantitative estimate of drug-likeness (QED) is 0.154. The zero-order valence-electron chi connectivity index (χ0n) is 10.6. The zero-order chi connectivity index (χ0) is 14.1. The van der Waals surface area contributed by atoms with E-state index in [1.54, 1.807) is 18.8 Å². The van der Waals surface area contributed by atoms with Crippen LogP contribution in [0.1, 0.15) is 5.69 Å². The van der Waals surface area contributed by atoms with Crippen molar-refractivity contribution in [2.45, 2.75) is 5.75 Å². The highest BCUT2D eigenvalue weighted by atomic mass is 32.2. The number of thioether (sulfide) groups is 1. The van der Waals surface area contributed by atoms with E-state index < -0.39 is 0 Å². The van der Waals surface area contributed by atoms with E-state index in [-0.39, 0.29) is 5.96 Å². The van der Waals surface area contributed by atoms with Crippen molar-refractivity contribution in [2.75, 3.05) is 19.3 Å². The number of hydrogen-bond donors (Lipinski definition) is 5. The Hall–Kier alpha value is -1.68. The summed E-state index contributed by atoms with van der Waals surface area (Å²) in [4.78, 5) is 8.18. The van der Waals surface area contributed by atoms with Crippen LogP contribution in [0.15, 0.2) is 15.5 Å². The van der Waals surface area contributed by atoms with Crippen molar-refractivity contribution in [3.05, 3.63) is 11.1 Å². The van der Waals surface area contributed by atoms with Gasteiger partial charge < -0.3 is 27.9 Å². The Bertz CT molecular complexity index is 437. The topological polar surface area (TPSA) is 140 Å². The minimum Gasteiger partial charge on any atom is -0.370 e. The summed E-state index contributed by atoms with van der Waals surface area (Å²) in [6.07, 6.45) is 0. The Morgan fingerprint density at radius 1 is 1.53 bits per heavy atom. The summed E-state index contributed by atoms with van der Waals surface area (Å²) in [6.45, 7) is 0.770. The van der Waals surface area contributed by atoms with Crippen LogP contribution < -0.4 is 27.9 Å². The van der Waals surface area contributed by atoms with E-state index in [0.29, 0.717) is 11.1 Å². The summed E-state index contributed by atoms with van der Waals surface area (Å²) in [7, 11) is 1.76. The summed E-state index contributed by atoms with van der Waals surface area (Å²) < 4.78 is 0. The molecule has 0 saturated heterocycles. The third-order valence-corrected chi connectivity index (χ3v) is 3.70. The molecule has 0 aliphatic heterocycles. The first kappa shape index (κ1) is 15.4. The van der Waals surface area contributed by atoms with Gasteiger partial charge in [-0.2, -0.15) is 16.8 Å². The number of hydrazone groups is 1. The fourth-order valence-electron chi connectivity index (χ4n) is 1.14. The average molecular weight is 302 g/mol. The second-order valence-electron chi connectivity index (χ2n) is 3.37.